The van der Waals surface area contributed by atoms with Gasteiger partial charge in [-0.15, -0.1) is 0 Å². The van der Waals surface area contributed by atoms with Gasteiger partial charge >= 0.3 is 0 Å². The van der Waals surface area contributed by atoms with Crippen molar-refractivity contribution in [3.8, 4) is 0 Å². The third kappa shape index (κ3) is 4.58. The Hall–Kier alpha value is -1.92. The molecule has 0 unspecified atom stereocenters. The Morgan fingerprint density at radius 1 is 1.04 bits per heavy atom. The van der Waals surface area contributed by atoms with E-state index in [1.165, 1.54) is 12.1 Å². The second-order valence-electron chi connectivity index (χ2n) is 6.11. The van der Waals surface area contributed by atoms with Crippen molar-refractivity contribution in [2.75, 3.05) is 6.26 Å². The monoisotopic (exact) mass is 421 g/mol. The fourth-order valence-corrected chi connectivity index (χ4v) is 3.75. The predicted molar refractivity (Wildman–Crippen MR) is 105 cm³/mol. The van der Waals surface area contributed by atoms with Gasteiger partial charge in [0.15, 0.2) is 9.84 Å². The summed E-state index contributed by atoms with van der Waals surface area (Å²) in [6.07, 6.45) is 1.15. The van der Waals surface area contributed by atoms with Crippen LogP contribution in [-0.4, -0.2) is 20.6 Å². The van der Waals surface area contributed by atoms with Crippen molar-refractivity contribution >= 4 is 42.8 Å². The third-order valence-corrected chi connectivity index (χ3v) is 5.42. The smallest absolute Gasteiger partial charge is 0.249 e. The summed E-state index contributed by atoms with van der Waals surface area (Å²) in [5, 5.41) is 0. The zero-order valence-corrected chi connectivity index (χ0v) is 16.7. The number of primary amides is 1. The second kappa shape index (κ2) is 7.54. The molecule has 2 aromatic rings. The lowest BCUT2D eigenvalue weighted by Crippen LogP contribution is -2.16. The van der Waals surface area contributed by atoms with E-state index in [-0.39, 0.29) is 10.8 Å². The summed E-state index contributed by atoms with van der Waals surface area (Å²) in [4.78, 5) is 12.4. The zero-order valence-electron chi connectivity index (χ0n) is 14.3. The lowest BCUT2D eigenvalue weighted by molar-refractivity contribution is -0.112. The van der Waals surface area contributed by atoms with E-state index in [4.69, 9.17) is 5.73 Å². The molecular weight excluding hydrogens is 402 g/mol. The van der Waals surface area contributed by atoms with Crippen LogP contribution in [0.5, 0.6) is 0 Å². The van der Waals surface area contributed by atoms with Crippen LogP contribution in [0.15, 0.2) is 57.9 Å². The summed E-state index contributed by atoms with van der Waals surface area (Å²) in [7, 11) is -3.30. The van der Waals surface area contributed by atoms with Gasteiger partial charge < -0.3 is 5.73 Å². The molecular formula is C19H20BrNO3S. The highest BCUT2D eigenvalue weighted by Crippen LogP contribution is 2.33. The van der Waals surface area contributed by atoms with E-state index in [0.717, 1.165) is 21.9 Å². The molecule has 0 aliphatic carbocycles. The lowest BCUT2D eigenvalue weighted by atomic mass is 9.87. The Morgan fingerprint density at radius 2 is 1.64 bits per heavy atom. The minimum Gasteiger partial charge on any atom is -0.366 e. The number of rotatable bonds is 5. The van der Waals surface area contributed by atoms with Gasteiger partial charge in [-0.3, -0.25) is 4.79 Å². The molecule has 132 valence electrons. The minimum absolute atomic E-state index is 0.0476. The van der Waals surface area contributed by atoms with Crippen LogP contribution in [0.25, 0.3) is 11.1 Å². The van der Waals surface area contributed by atoms with Crippen LogP contribution in [0, 0.1) is 5.92 Å². The van der Waals surface area contributed by atoms with Crippen LogP contribution in [0.3, 0.4) is 0 Å². The van der Waals surface area contributed by atoms with E-state index in [2.05, 4.69) is 15.9 Å². The fraction of sp³-hybridized carbons (Fsp3) is 0.211. The first-order chi connectivity index (χ1) is 11.6. The van der Waals surface area contributed by atoms with Gasteiger partial charge in [0.1, 0.15) is 0 Å². The molecule has 1 amide bonds. The molecule has 4 nitrogen and oxygen atoms in total. The van der Waals surface area contributed by atoms with E-state index in [1.54, 1.807) is 12.1 Å². The molecule has 25 heavy (non-hydrogen) atoms. The molecule has 0 spiro atoms. The van der Waals surface area contributed by atoms with Crippen LogP contribution in [0.4, 0.5) is 0 Å². The van der Waals surface area contributed by atoms with Gasteiger partial charge in [0.05, 0.1) is 10.5 Å². The molecule has 0 saturated heterocycles. The van der Waals surface area contributed by atoms with Gasteiger partial charge in [0.2, 0.25) is 5.91 Å². The Kier molecular flexibility index (Phi) is 5.85. The van der Waals surface area contributed by atoms with Crippen molar-refractivity contribution in [2.45, 2.75) is 18.7 Å². The van der Waals surface area contributed by atoms with Crippen LogP contribution in [-0.2, 0) is 14.6 Å². The number of benzene rings is 2. The van der Waals surface area contributed by atoms with Gasteiger partial charge in [-0.05, 0) is 46.9 Å². The average Bonchev–Trinajstić information content (AvgIpc) is 2.51. The molecule has 0 atom stereocenters. The Labute approximate surface area is 156 Å². The molecule has 6 heteroatoms. The van der Waals surface area contributed by atoms with Gasteiger partial charge in [-0.1, -0.05) is 54.0 Å². The summed E-state index contributed by atoms with van der Waals surface area (Å²) in [5.41, 5.74) is 8.39. The fourth-order valence-electron chi connectivity index (χ4n) is 2.72. The largest absolute Gasteiger partial charge is 0.366 e. The first-order valence-electron chi connectivity index (χ1n) is 7.71. The first-order valence-corrected chi connectivity index (χ1v) is 10.4. The van der Waals surface area contributed by atoms with Crippen molar-refractivity contribution < 1.29 is 13.2 Å². The maximum absolute atomic E-state index is 12.2. The molecule has 0 aliphatic heterocycles. The normalized spacial score (nSPS) is 12.8. The lowest BCUT2D eigenvalue weighted by Gasteiger charge is -2.18. The van der Waals surface area contributed by atoms with E-state index in [9.17, 15) is 13.2 Å². The highest BCUT2D eigenvalue weighted by molar-refractivity contribution is 9.10. The van der Waals surface area contributed by atoms with E-state index < -0.39 is 15.7 Å². The number of hydrogen-bond acceptors (Lipinski definition) is 3. The van der Waals surface area contributed by atoms with Crippen molar-refractivity contribution in [1.29, 1.82) is 0 Å². The molecule has 2 aromatic carbocycles. The van der Waals surface area contributed by atoms with E-state index in [0.29, 0.717) is 11.1 Å². The van der Waals surface area contributed by atoms with Crippen LogP contribution in [0.2, 0.25) is 0 Å². The predicted octanol–water partition coefficient (Wildman–Crippen LogP) is 3.90. The maximum atomic E-state index is 12.2. The molecule has 0 radical (unpaired) electrons. The molecule has 0 aromatic heterocycles. The van der Waals surface area contributed by atoms with Gasteiger partial charge in [-0.2, -0.15) is 0 Å². The molecule has 2 N–H and O–H groups in total. The molecule has 0 aliphatic rings. The number of nitrogens with two attached hydrogens (primary N) is 1. The highest BCUT2D eigenvalue weighted by Gasteiger charge is 2.20. The summed E-state index contributed by atoms with van der Waals surface area (Å²) in [6, 6.07) is 13.9. The Morgan fingerprint density at radius 3 is 2.08 bits per heavy atom. The van der Waals surface area contributed by atoms with E-state index >= 15 is 0 Å². The molecule has 0 heterocycles. The average molecular weight is 422 g/mol. The molecule has 0 saturated carbocycles. The number of carbonyl (C=O) groups excluding carboxylic acids is 1. The number of sulfone groups is 1. The van der Waals surface area contributed by atoms with Crippen molar-refractivity contribution in [1.82, 2.24) is 0 Å². The van der Waals surface area contributed by atoms with Crippen molar-refractivity contribution in [3.63, 3.8) is 0 Å². The van der Waals surface area contributed by atoms with Crippen molar-refractivity contribution in [2.24, 2.45) is 11.7 Å². The quantitative estimate of drug-likeness (QED) is 0.587. The maximum Gasteiger partial charge on any atom is 0.249 e. The second-order valence-corrected chi connectivity index (χ2v) is 9.05. The third-order valence-electron chi connectivity index (χ3n) is 3.80. The van der Waals surface area contributed by atoms with Crippen LogP contribution >= 0.6 is 15.9 Å². The number of carbonyl (C=O) groups is 1. The van der Waals surface area contributed by atoms with Gasteiger partial charge in [0, 0.05) is 10.7 Å². The summed E-state index contributed by atoms with van der Waals surface area (Å²) >= 11 is 3.45. The van der Waals surface area contributed by atoms with Crippen LogP contribution < -0.4 is 5.73 Å². The van der Waals surface area contributed by atoms with E-state index in [1.807, 2.05) is 38.1 Å². The number of allylic oxidation sites excluding steroid dienone is 1. The minimum atomic E-state index is -3.30. The number of halogens is 1. The molecule has 0 fully saturated rings. The number of hydrogen-bond donors (Lipinski definition) is 1. The Bertz CT molecular complexity index is 929. The highest BCUT2D eigenvalue weighted by atomic mass is 79.9. The first kappa shape index (κ1) is 19.4. The zero-order chi connectivity index (χ0) is 18.8. The summed E-state index contributed by atoms with van der Waals surface area (Å²) < 4.78 is 24.2. The summed E-state index contributed by atoms with van der Waals surface area (Å²) in [5.74, 6) is -0.498. The molecule has 0 bridgehead atoms. The summed E-state index contributed by atoms with van der Waals surface area (Å²) in [6.45, 7) is 3.98. The SMILES string of the molecule is CC(C)/C(=C(\C(N)=O)c1ccc(S(C)(=O)=O)cc1)c1cccc(Br)c1. The van der Waals surface area contributed by atoms with Gasteiger partial charge in [-0.25, -0.2) is 8.42 Å². The standard InChI is InChI=1S/C19H20BrNO3S/c1-12(2)17(14-5-4-6-15(20)11-14)18(19(21)22)13-7-9-16(10-8-13)25(3,23)24/h4-12H,1-3H3,(H2,21,22)/b18-17+. The van der Waals surface area contributed by atoms with Gasteiger partial charge in [0.25, 0.3) is 0 Å². The van der Waals surface area contributed by atoms with Crippen molar-refractivity contribution in [3.05, 3.63) is 64.1 Å². The number of amides is 1. The Balaban J connectivity index is 2.72. The topological polar surface area (TPSA) is 77.2 Å². The van der Waals surface area contributed by atoms with Crippen LogP contribution in [0.1, 0.15) is 25.0 Å². The molecule has 2 rings (SSSR count).